The number of sulfonamides is 1. The maximum atomic E-state index is 12.7. The van der Waals surface area contributed by atoms with E-state index in [1.54, 1.807) is 6.20 Å². The zero-order valence-corrected chi connectivity index (χ0v) is 18.9. The number of nitrogens with one attached hydrogen (secondary N) is 1. The normalized spacial score (nSPS) is 11.5. The van der Waals surface area contributed by atoms with E-state index >= 15 is 0 Å². The van der Waals surface area contributed by atoms with E-state index in [4.69, 9.17) is 16.3 Å². The number of rotatable bonds is 7. The van der Waals surface area contributed by atoms with Crippen molar-refractivity contribution in [2.24, 2.45) is 0 Å². The van der Waals surface area contributed by atoms with Crippen molar-refractivity contribution < 1.29 is 17.9 Å². The molecule has 0 aliphatic heterocycles. The van der Waals surface area contributed by atoms with Crippen molar-refractivity contribution in [3.8, 4) is 5.75 Å². The molecule has 1 amide bonds. The van der Waals surface area contributed by atoms with Crippen molar-refractivity contribution in [3.63, 3.8) is 0 Å². The fraction of sp³-hybridized carbons (Fsp3) is 0.200. The molecule has 0 saturated carbocycles. The van der Waals surface area contributed by atoms with Gasteiger partial charge in [-0.25, -0.2) is 17.7 Å². The molecule has 10 heteroatoms. The number of nitrogens with zero attached hydrogens (tertiary/aromatic N) is 2. The molecule has 0 unspecified atom stereocenters. The van der Waals surface area contributed by atoms with Crippen molar-refractivity contribution in [2.75, 3.05) is 26.5 Å². The number of halogens is 1. The molecule has 0 aliphatic rings. The highest BCUT2D eigenvalue weighted by Gasteiger charge is 2.24. The van der Waals surface area contributed by atoms with Gasteiger partial charge in [-0.05, 0) is 29.8 Å². The third-order valence-electron chi connectivity index (χ3n) is 4.28. The van der Waals surface area contributed by atoms with Crippen LogP contribution in [-0.4, -0.2) is 44.8 Å². The molecule has 158 valence electrons. The van der Waals surface area contributed by atoms with E-state index in [0.29, 0.717) is 16.6 Å². The zero-order valence-electron chi connectivity index (χ0n) is 16.5. The third-order valence-corrected chi connectivity index (χ3v) is 7.40. The highest BCUT2D eigenvalue weighted by Crippen LogP contribution is 2.28. The summed E-state index contributed by atoms with van der Waals surface area (Å²) in [6.45, 7) is 0. The molecule has 0 spiro atoms. The van der Waals surface area contributed by atoms with E-state index in [2.05, 4.69) is 10.3 Å². The lowest BCUT2D eigenvalue weighted by Gasteiger charge is -2.15. The molecule has 1 aromatic heterocycles. The van der Waals surface area contributed by atoms with Gasteiger partial charge in [0, 0.05) is 42.2 Å². The Hall–Kier alpha value is -2.46. The first kappa shape index (κ1) is 22.2. The molecule has 1 N–H and O–H groups in total. The van der Waals surface area contributed by atoms with Crippen LogP contribution in [0.2, 0.25) is 5.02 Å². The Morgan fingerprint density at radius 2 is 1.97 bits per heavy atom. The first-order valence-electron chi connectivity index (χ1n) is 8.82. The van der Waals surface area contributed by atoms with Crippen molar-refractivity contribution in [1.29, 1.82) is 0 Å². The fourth-order valence-electron chi connectivity index (χ4n) is 2.66. The minimum atomic E-state index is -3.78. The van der Waals surface area contributed by atoms with E-state index in [-0.39, 0.29) is 16.2 Å². The van der Waals surface area contributed by atoms with Gasteiger partial charge >= 0.3 is 0 Å². The van der Waals surface area contributed by atoms with Gasteiger partial charge < -0.3 is 4.74 Å². The van der Waals surface area contributed by atoms with Crippen molar-refractivity contribution in [1.82, 2.24) is 9.29 Å². The van der Waals surface area contributed by atoms with Gasteiger partial charge in [-0.3, -0.25) is 10.1 Å². The summed E-state index contributed by atoms with van der Waals surface area (Å²) in [4.78, 5) is 17.8. The van der Waals surface area contributed by atoms with Crippen LogP contribution in [-0.2, 0) is 16.4 Å². The molecular formula is C20H20ClN3O4S2. The van der Waals surface area contributed by atoms with Crippen LogP contribution in [0.15, 0.2) is 53.6 Å². The van der Waals surface area contributed by atoms with Crippen LogP contribution in [0.4, 0.5) is 5.13 Å². The summed E-state index contributed by atoms with van der Waals surface area (Å²) < 4.78 is 31.3. The summed E-state index contributed by atoms with van der Waals surface area (Å²) in [6, 6.07) is 11.8. The highest BCUT2D eigenvalue weighted by molar-refractivity contribution is 7.89. The van der Waals surface area contributed by atoms with Crippen LogP contribution < -0.4 is 10.1 Å². The number of carbonyl (C=O) groups excluding carboxylic acids is 1. The van der Waals surface area contributed by atoms with Crippen LogP contribution in [0.25, 0.3) is 0 Å². The average molecular weight is 466 g/mol. The Kier molecular flexibility index (Phi) is 6.77. The Balaban J connectivity index is 1.80. The van der Waals surface area contributed by atoms with Gasteiger partial charge in [-0.2, -0.15) is 0 Å². The number of methoxy groups -OCH3 is 1. The van der Waals surface area contributed by atoms with Crippen LogP contribution >= 0.6 is 22.9 Å². The van der Waals surface area contributed by atoms with Gasteiger partial charge in [-0.15, -0.1) is 11.3 Å². The van der Waals surface area contributed by atoms with Gasteiger partial charge in [0.25, 0.3) is 5.91 Å². The molecular weight excluding hydrogens is 446 g/mol. The number of ether oxygens (including phenoxy) is 1. The largest absolute Gasteiger partial charge is 0.495 e. The fourth-order valence-corrected chi connectivity index (χ4v) is 4.77. The number of amides is 1. The lowest BCUT2D eigenvalue weighted by atomic mass is 10.1. The topological polar surface area (TPSA) is 88.6 Å². The number of anilines is 1. The number of aromatic nitrogens is 1. The minimum absolute atomic E-state index is 0.0822. The average Bonchev–Trinajstić information content (AvgIpc) is 3.15. The maximum absolute atomic E-state index is 12.7. The minimum Gasteiger partial charge on any atom is -0.495 e. The zero-order chi connectivity index (χ0) is 21.9. The van der Waals surface area contributed by atoms with Crippen LogP contribution in [0.3, 0.4) is 0 Å². The van der Waals surface area contributed by atoms with Gasteiger partial charge in [0.15, 0.2) is 5.13 Å². The standard InChI is InChI=1S/C20H20ClN3O4S2/c1-24(2)30(26,27)18-11-14(8-9-17(18)28-3)19(25)23-20-22-12-15(29-20)10-13-6-4-5-7-16(13)21/h4-9,11-12H,10H2,1-3H3,(H,22,23,25). The molecule has 0 saturated heterocycles. The van der Waals surface area contributed by atoms with Crippen LogP contribution in [0.1, 0.15) is 20.8 Å². The van der Waals surface area contributed by atoms with E-state index < -0.39 is 15.9 Å². The van der Waals surface area contributed by atoms with E-state index in [0.717, 1.165) is 14.7 Å². The molecule has 7 nitrogen and oxygen atoms in total. The summed E-state index contributed by atoms with van der Waals surface area (Å²) in [6.07, 6.45) is 2.28. The maximum Gasteiger partial charge on any atom is 0.257 e. The molecule has 0 aliphatic carbocycles. The first-order valence-corrected chi connectivity index (χ1v) is 11.5. The monoisotopic (exact) mass is 465 g/mol. The van der Waals surface area contributed by atoms with Crippen molar-refractivity contribution >= 4 is 44.0 Å². The van der Waals surface area contributed by atoms with Gasteiger partial charge in [0.1, 0.15) is 10.6 Å². The van der Waals surface area contributed by atoms with E-state index in [9.17, 15) is 13.2 Å². The van der Waals surface area contributed by atoms with Crippen molar-refractivity contribution in [2.45, 2.75) is 11.3 Å². The summed E-state index contributed by atoms with van der Waals surface area (Å²) >= 11 is 7.52. The van der Waals surface area contributed by atoms with Gasteiger partial charge in [-0.1, -0.05) is 29.8 Å². The molecule has 1 heterocycles. The molecule has 0 atom stereocenters. The molecule has 0 bridgehead atoms. The molecule has 3 aromatic rings. The summed E-state index contributed by atoms with van der Waals surface area (Å²) in [5.74, 6) is -0.303. The van der Waals surface area contributed by atoms with Crippen molar-refractivity contribution in [3.05, 3.63) is 69.7 Å². The Morgan fingerprint density at radius 1 is 1.23 bits per heavy atom. The van der Waals surface area contributed by atoms with Crippen LogP contribution in [0, 0.1) is 0 Å². The number of carbonyl (C=O) groups is 1. The quantitative estimate of drug-likeness (QED) is 0.571. The molecule has 3 rings (SSSR count). The van der Waals surface area contributed by atoms with Gasteiger partial charge in [0.2, 0.25) is 10.0 Å². The predicted molar refractivity (Wildman–Crippen MR) is 118 cm³/mol. The SMILES string of the molecule is COc1ccc(C(=O)Nc2ncc(Cc3ccccc3Cl)s2)cc1S(=O)(=O)N(C)C. The molecule has 2 aromatic carbocycles. The predicted octanol–water partition coefficient (Wildman–Crippen LogP) is 3.90. The van der Waals surface area contributed by atoms with E-state index in [1.165, 1.54) is 50.7 Å². The molecule has 30 heavy (non-hydrogen) atoms. The van der Waals surface area contributed by atoms with E-state index in [1.807, 2.05) is 24.3 Å². The molecule has 0 fully saturated rings. The second-order valence-electron chi connectivity index (χ2n) is 6.51. The number of hydrogen-bond acceptors (Lipinski definition) is 6. The second-order valence-corrected chi connectivity index (χ2v) is 10.1. The second kappa shape index (κ2) is 9.13. The lowest BCUT2D eigenvalue weighted by molar-refractivity contribution is 0.102. The smallest absolute Gasteiger partial charge is 0.257 e. The Morgan fingerprint density at radius 3 is 2.63 bits per heavy atom. The summed E-state index contributed by atoms with van der Waals surface area (Å²) in [7, 11) is 0.423. The van der Waals surface area contributed by atoms with Gasteiger partial charge in [0.05, 0.1) is 7.11 Å². The number of benzene rings is 2. The number of thiazole rings is 1. The molecule has 0 radical (unpaired) electrons. The Labute approximate surface area is 184 Å². The summed E-state index contributed by atoms with van der Waals surface area (Å²) in [5.41, 5.74) is 1.15. The Bertz CT molecular complexity index is 1180. The van der Waals surface area contributed by atoms with Crippen LogP contribution in [0.5, 0.6) is 5.75 Å². The lowest BCUT2D eigenvalue weighted by Crippen LogP contribution is -2.23. The third kappa shape index (κ3) is 4.81. The summed E-state index contributed by atoms with van der Waals surface area (Å²) in [5, 5.41) is 3.79. The highest BCUT2D eigenvalue weighted by atomic mass is 35.5. The first-order chi connectivity index (χ1) is 14.2. The number of hydrogen-bond donors (Lipinski definition) is 1.